The molecule has 7 aromatic heterocycles. The molecule has 0 aliphatic heterocycles. The third-order valence-corrected chi connectivity index (χ3v) is 34.8. The van der Waals surface area contributed by atoms with Gasteiger partial charge in [-0.2, -0.15) is 0 Å². The van der Waals surface area contributed by atoms with Gasteiger partial charge in [0, 0.05) is 110 Å². The van der Waals surface area contributed by atoms with E-state index in [2.05, 4.69) is 482 Å². The lowest BCUT2D eigenvalue weighted by Crippen LogP contribution is -2.69. The van der Waals surface area contributed by atoms with Gasteiger partial charge in [0.05, 0.1) is 33.4 Å². The number of benzene rings is 17. The SMILES string of the molecule is CC(C)(C)c1ccnc(-n2c3ccccc3c3ccc(Oc4cccc(-n5[c-][n+](-c6c(-c7cccc([Si](c8ccccc8)(n8c9ccccc9c9ccccc98)n8c9ccccc9c9ccccc98)c7)cccc6-c6cccc([Si](c7ccccc7)(n7c8ccccc8c8ccccc87)n7c8ccccc8c8ccccc87)c6)c6ccccc65)c4)cc32)c1. The van der Waals surface area contributed by atoms with Crippen molar-refractivity contribution in [2.24, 2.45) is 0 Å². The molecule has 0 radical (unpaired) electrons. The van der Waals surface area contributed by atoms with Crippen LogP contribution in [0.2, 0.25) is 0 Å². The van der Waals surface area contributed by atoms with E-state index >= 15 is 0 Å². The van der Waals surface area contributed by atoms with Crippen molar-refractivity contribution in [1.29, 1.82) is 0 Å². The van der Waals surface area contributed by atoms with Crippen LogP contribution in [-0.4, -0.2) is 47.8 Å². The first-order chi connectivity index (χ1) is 60.7. The van der Waals surface area contributed by atoms with Crippen LogP contribution in [0.15, 0.2) is 431 Å². The van der Waals surface area contributed by atoms with Gasteiger partial charge in [0.2, 0.25) is 0 Å². The van der Waals surface area contributed by atoms with Crippen LogP contribution in [0.1, 0.15) is 26.3 Å². The fraction of sp³-hybridized carbons (Fsp3) is 0.0357. The number of pyridine rings is 1. The maximum Gasteiger partial charge on any atom is 0.340 e. The Balaban J connectivity index is 0.771. The molecule has 0 bridgehead atoms. The first-order valence-electron chi connectivity index (χ1n) is 42.3. The topological polar surface area (TPSA) is 55.6 Å². The lowest BCUT2D eigenvalue weighted by Gasteiger charge is -2.38. The number of rotatable bonds is 15. The Labute approximate surface area is 712 Å². The van der Waals surface area contributed by atoms with E-state index in [1.54, 1.807) is 0 Å². The summed E-state index contributed by atoms with van der Waals surface area (Å²) in [6.45, 7) is 6.75. The summed E-state index contributed by atoms with van der Waals surface area (Å²) in [6, 6.07) is 158. The summed E-state index contributed by atoms with van der Waals surface area (Å²) in [5.74, 6) is 2.26. The monoisotopic (exact) mass is 1610 g/mol. The zero-order chi connectivity index (χ0) is 81.7. The lowest BCUT2D eigenvalue weighted by molar-refractivity contribution is -0.571. The van der Waals surface area contributed by atoms with E-state index in [0.717, 1.165) is 72.3 Å². The summed E-state index contributed by atoms with van der Waals surface area (Å²) < 4.78 is 25.1. The largest absolute Gasteiger partial charge is 0.458 e. The van der Waals surface area contributed by atoms with Crippen molar-refractivity contribution in [3.8, 4) is 50.9 Å². The van der Waals surface area contributed by atoms with Crippen LogP contribution in [0.5, 0.6) is 11.5 Å². The van der Waals surface area contributed by atoms with E-state index < -0.39 is 16.8 Å². The van der Waals surface area contributed by atoms with E-state index in [4.69, 9.17) is 9.72 Å². The summed E-state index contributed by atoms with van der Waals surface area (Å²) in [7, 11) is -7.50. The van der Waals surface area contributed by atoms with Crippen molar-refractivity contribution in [1.82, 2.24) is 31.0 Å². The Morgan fingerprint density at radius 3 is 1.07 bits per heavy atom. The second-order valence-corrected chi connectivity index (χ2v) is 40.2. The summed E-state index contributed by atoms with van der Waals surface area (Å²) >= 11 is 0. The van der Waals surface area contributed by atoms with E-state index in [1.165, 1.54) is 114 Å². The van der Waals surface area contributed by atoms with Crippen molar-refractivity contribution in [3.63, 3.8) is 0 Å². The predicted molar refractivity (Wildman–Crippen MR) is 514 cm³/mol. The molecule has 0 spiro atoms. The van der Waals surface area contributed by atoms with Crippen LogP contribution >= 0.6 is 0 Å². The van der Waals surface area contributed by atoms with Gasteiger partial charge in [-0.05, 0) is 151 Å². The molecule has 582 valence electrons. The molecule has 0 aliphatic carbocycles. The van der Waals surface area contributed by atoms with Crippen molar-refractivity contribution >= 4 is 158 Å². The lowest BCUT2D eigenvalue weighted by atomic mass is 9.88. The maximum absolute atomic E-state index is 7.14. The smallest absolute Gasteiger partial charge is 0.340 e. The van der Waals surface area contributed by atoms with Gasteiger partial charge in [-0.15, -0.1) is 0 Å². The van der Waals surface area contributed by atoms with Crippen LogP contribution < -0.4 is 30.1 Å². The highest BCUT2D eigenvalue weighted by Crippen LogP contribution is 2.44. The third kappa shape index (κ3) is 10.9. The minimum atomic E-state index is -3.75. The molecule has 11 heteroatoms. The fourth-order valence-electron chi connectivity index (χ4n) is 20.6. The number of aromatic nitrogens is 8. The molecule has 0 saturated heterocycles. The molecule has 0 N–H and O–H groups in total. The minimum absolute atomic E-state index is 0.0746. The van der Waals surface area contributed by atoms with Gasteiger partial charge >= 0.3 is 16.8 Å². The molecule has 0 unspecified atom stereocenters. The molecule has 0 saturated carbocycles. The summed E-state index contributed by atoms with van der Waals surface area (Å²) in [4.78, 5) is 5.02. The highest BCUT2D eigenvalue weighted by molar-refractivity contribution is 7.02. The second kappa shape index (κ2) is 28.1. The number of nitrogens with zero attached hydrogens (tertiary/aromatic N) is 8. The van der Waals surface area contributed by atoms with Crippen LogP contribution in [0, 0.1) is 6.33 Å². The molecule has 0 atom stereocenters. The Morgan fingerprint density at radius 1 is 0.285 bits per heavy atom. The van der Waals surface area contributed by atoms with Crippen LogP contribution in [0.3, 0.4) is 0 Å². The van der Waals surface area contributed by atoms with E-state index in [-0.39, 0.29) is 5.41 Å². The standard InChI is InChI=1S/C112H80N8OSi2/c1-112(2,3)78-68-69-113-110(72-78)116-98-55-19-10-44-88(98)97-67-66-81(74-109(97)116)121-80-37-32-36-79(73-80)114-75-115(108-65-29-28-64-107(108)114)111-86(76-34-30-42-84(70-76)122(82-38-6-4-7-39-82,117-99-56-20-11-45-89(99)90-46-12-21-57-100(90)117)118-101-58-22-13-47-91(101)92-48-14-23-59-102(92)118)53-33-54-87(111)77-35-31-43-85(71-77)123(83-40-8-5-9-41-83,119-103-60-24-15-49-93(103)94-50-16-25-61-104(94)119)120-105-62-26-17-51-95(105)96-52-18-27-63-106(96)120/h4-74H,1-3H3. The van der Waals surface area contributed by atoms with E-state index in [1.807, 2.05) is 6.20 Å². The zero-order valence-electron chi connectivity index (χ0n) is 68.0. The molecular formula is C112H80N8OSi2. The molecule has 9 nitrogen and oxygen atoms in total. The number of hydrogen-bond donors (Lipinski definition) is 0. The van der Waals surface area contributed by atoms with Gasteiger partial charge in [-0.1, -0.05) is 342 Å². The van der Waals surface area contributed by atoms with Gasteiger partial charge in [0.25, 0.3) is 6.33 Å². The Bertz CT molecular complexity index is 7610. The van der Waals surface area contributed by atoms with Crippen LogP contribution in [0.25, 0.3) is 160 Å². The van der Waals surface area contributed by atoms with E-state index in [0.29, 0.717) is 11.5 Å². The average molecular weight is 1610 g/mol. The van der Waals surface area contributed by atoms with Crippen LogP contribution in [-0.2, 0) is 5.41 Å². The van der Waals surface area contributed by atoms with Gasteiger partial charge in [-0.3, -0.25) is 13.7 Å². The van der Waals surface area contributed by atoms with Gasteiger partial charge in [0.15, 0.2) is 0 Å². The molecule has 123 heavy (non-hydrogen) atoms. The number of imidazole rings is 1. The summed E-state index contributed by atoms with van der Waals surface area (Å²) in [5.41, 5.74) is 20.6. The third-order valence-electron chi connectivity index (χ3n) is 25.7. The predicted octanol–water partition coefficient (Wildman–Crippen LogP) is 24.4. The Morgan fingerprint density at radius 2 is 0.634 bits per heavy atom. The van der Waals surface area contributed by atoms with Crippen molar-refractivity contribution in [2.45, 2.75) is 26.2 Å². The maximum atomic E-state index is 7.14. The normalized spacial score (nSPS) is 12.3. The van der Waals surface area contributed by atoms with Gasteiger partial charge in [-0.25, -0.2) is 4.98 Å². The van der Waals surface area contributed by atoms with Crippen LogP contribution in [0.4, 0.5) is 0 Å². The molecule has 24 rings (SSSR count). The molecule has 0 aliphatic rings. The summed E-state index contributed by atoms with van der Waals surface area (Å²) in [5, 5.41) is 16.9. The summed E-state index contributed by atoms with van der Waals surface area (Å²) in [6.07, 6.45) is 6.11. The highest BCUT2D eigenvalue weighted by Gasteiger charge is 2.50. The number of ether oxygens (including phenoxy) is 1. The van der Waals surface area contributed by atoms with Crippen molar-refractivity contribution in [3.05, 3.63) is 443 Å². The second-order valence-electron chi connectivity index (χ2n) is 33.5. The molecule has 17 aromatic carbocycles. The molecule has 0 fully saturated rings. The molecule has 7 heterocycles. The first kappa shape index (κ1) is 71.7. The first-order valence-corrected chi connectivity index (χ1v) is 46.1. The van der Waals surface area contributed by atoms with Crippen molar-refractivity contribution in [2.75, 3.05) is 0 Å². The molecule has 0 amide bonds. The molecule has 24 aromatic rings. The highest BCUT2D eigenvalue weighted by atomic mass is 28.4. The quantitative estimate of drug-likeness (QED) is 0.0583. The number of hydrogen-bond acceptors (Lipinski definition) is 2. The minimum Gasteiger partial charge on any atom is -0.458 e. The Hall–Kier alpha value is -15.4. The average Bonchev–Trinajstić information content (AvgIpc) is 1.56. The fourth-order valence-corrected chi connectivity index (χ4v) is 30.7. The van der Waals surface area contributed by atoms with Gasteiger partial charge in [0.1, 0.15) is 17.3 Å². The van der Waals surface area contributed by atoms with Gasteiger partial charge < -0.3 is 21.7 Å². The number of fused-ring (bicyclic) bond motifs is 16. The van der Waals surface area contributed by atoms with E-state index in [9.17, 15) is 0 Å². The zero-order valence-corrected chi connectivity index (χ0v) is 70.0. The number of para-hydroxylation sites is 12. The Kier molecular flexibility index (Phi) is 16.4. The molecular weight excluding hydrogens is 1530 g/mol. The van der Waals surface area contributed by atoms with Crippen molar-refractivity contribution < 1.29 is 9.30 Å².